The van der Waals surface area contributed by atoms with Crippen molar-refractivity contribution in [2.75, 3.05) is 6.54 Å². The van der Waals surface area contributed by atoms with E-state index in [0.29, 0.717) is 6.04 Å². The summed E-state index contributed by atoms with van der Waals surface area (Å²) in [6, 6.07) is 5.55. The summed E-state index contributed by atoms with van der Waals surface area (Å²) < 4.78 is 0. The zero-order valence-electron chi connectivity index (χ0n) is 12.5. The van der Waals surface area contributed by atoms with Crippen molar-refractivity contribution in [3.63, 3.8) is 0 Å². The smallest absolute Gasteiger partial charge is 0.0517 e. The first-order valence-corrected chi connectivity index (χ1v) is 8.22. The van der Waals surface area contributed by atoms with Crippen LogP contribution in [-0.4, -0.2) is 28.5 Å². The highest BCUT2D eigenvalue weighted by Gasteiger charge is 2.40. The maximum Gasteiger partial charge on any atom is 0.0517 e. The Labute approximate surface area is 122 Å². The van der Waals surface area contributed by atoms with Crippen molar-refractivity contribution >= 4 is 0 Å². The van der Waals surface area contributed by atoms with Crippen LogP contribution in [0.25, 0.3) is 0 Å². The minimum Gasteiger partial charge on any atom is -0.326 e. The summed E-state index contributed by atoms with van der Waals surface area (Å²) in [5.41, 5.74) is 7.79. The summed E-state index contributed by atoms with van der Waals surface area (Å²) in [4.78, 5) is 7.04. The zero-order chi connectivity index (χ0) is 13.9. The van der Waals surface area contributed by atoms with Gasteiger partial charge >= 0.3 is 0 Å². The minimum absolute atomic E-state index is 0.207. The van der Waals surface area contributed by atoms with Crippen LogP contribution >= 0.6 is 0 Å². The highest BCUT2D eigenvalue weighted by Crippen LogP contribution is 2.41. The van der Waals surface area contributed by atoms with Gasteiger partial charge in [0.1, 0.15) is 0 Å². The molecule has 0 aromatic carbocycles. The number of nitrogens with two attached hydrogens (primary N) is 1. The second-order valence-electron chi connectivity index (χ2n) is 6.44. The van der Waals surface area contributed by atoms with Gasteiger partial charge in [-0.05, 0) is 56.2 Å². The van der Waals surface area contributed by atoms with E-state index >= 15 is 0 Å². The monoisotopic (exact) mass is 273 g/mol. The average molecular weight is 273 g/mol. The molecule has 1 aromatic rings. The lowest BCUT2D eigenvalue weighted by Gasteiger charge is -2.45. The molecule has 2 fully saturated rings. The Morgan fingerprint density at radius 2 is 2.20 bits per heavy atom. The predicted octanol–water partition coefficient (Wildman–Crippen LogP) is 3.12. The molecule has 1 aromatic heterocycles. The largest absolute Gasteiger partial charge is 0.326 e. The molecule has 2 aliphatic rings. The Kier molecular flexibility index (Phi) is 4.37. The van der Waals surface area contributed by atoms with Gasteiger partial charge in [0, 0.05) is 24.5 Å². The van der Waals surface area contributed by atoms with Crippen molar-refractivity contribution < 1.29 is 0 Å². The number of nitrogens with zero attached hydrogens (tertiary/aromatic N) is 2. The molecule has 3 nitrogen and oxygen atoms in total. The first kappa shape index (κ1) is 14.0. The molecule has 1 saturated heterocycles. The number of aromatic nitrogens is 1. The van der Waals surface area contributed by atoms with Gasteiger partial charge in [0.25, 0.3) is 0 Å². The molecule has 0 radical (unpaired) electrons. The fourth-order valence-corrected chi connectivity index (χ4v) is 4.30. The van der Waals surface area contributed by atoms with E-state index in [9.17, 15) is 0 Å². The molecule has 1 saturated carbocycles. The van der Waals surface area contributed by atoms with E-state index < -0.39 is 0 Å². The van der Waals surface area contributed by atoms with Crippen molar-refractivity contribution in [3.8, 4) is 0 Å². The van der Waals surface area contributed by atoms with Crippen LogP contribution in [-0.2, 0) is 0 Å². The fourth-order valence-electron chi connectivity index (χ4n) is 4.30. The van der Waals surface area contributed by atoms with Gasteiger partial charge in [-0.15, -0.1) is 0 Å². The van der Waals surface area contributed by atoms with Crippen LogP contribution in [0.5, 0.6) is 0 Å². The number of piperidine rings is 1. The molecule has 0 amide bonds. The Morgan fingerprint density at radius 3 is 2.95 bits per heavy atom. The fraction of sp³-hybridized carbons (Fsp3) is 0.706. The van der Waals surface area contributed by atoms with Gasteiger partial charge < -0.3 is 5.73 Å². The number of fused-ring (bicyclic) bond motifs is 1. The standard InChI is InChI=1S/C17H27N3/c1-2-15(18)17(14-7-4-10-19-12-14)20-11-5-8-13-6-3-9-16(13)20/h4,7,10,12-13,15-17H,2-3,5-6,8-9,11,18H2,1H3. The SMILES string of the molecule is CCC(N)C(c1cccnc1)N1CCCC2CCCC21. The van der Waals surface area contributed by atoms with E-state index in [0.717, 1.165) is 18.4 Å². The predicted molar refractivity (Wildman–Crippen MR) is 82.3 cm³/mol. The van der Waals surface area contributed by atoms with E-state index in [-0.39, 0.29) is 6.04 Å². The highest BCUT2D eigenvalue weighted by atomic mass is 15.2. The first-order chi connectivity index (χ1) is 9.81. The molecule has 4 atom stereocenters. The Balaban J connectivity index is 1.88. The van der Waals surface area contributed by atoms with Crippen molar-refractivity contribution in [3.05, 3.63) is 30.1 Å². The summed E-state index contributed by atoms with van der Waals surface area (Å²) in [6.07, 6.45) is 11.8. The van der Waals surface area contributed by atoms with Gasteiger partial charge in [-0.25, -0.2) is 0 Å². The highest BCUT2D eigenvalue weighted by molar-refractivity contribution is 5.17. The third-order valence-corrected chi connectivity index (χ3v) is 5.30. The Morgan fingerprint density at radius 1 is 1.35 bits per heavy atom. The molecule has 0 spiro atoms. The number of likely N-dealkylation sites (tertiary alicyclic amines) is 1. The summed E-state index contributed by atoms with van der Waals surface area (Å²) in [6.45, 7) is 3.40. The molecular formula is C17H27N3. The van der Waals surface area contributed by atoms with Gasteiger partial charge in [0.15, 0.2) is 0 Å². The van der Waals surface area contributed by atoms with Crippen LogP contribution in [0.2, 0.25) is 0 Å². The molecule has 4 unspecified atom stereocenters. The topological polar surface area (TPSA) is 42.1 Å². The molecule has 1 aliphatic carbocycles. The van der Waals surface area contributed by atoms with Crippen LogP contribution in [0.3, 0.4) is 0 Å². The van der Waals surface area contributed by atoms with E-state index in [1.54, 1.807) is 0 Å². The molecule has 3 rings (SSSR count). The molecule has 20 heavy (non-hydrogen) atoms. The summed E-state index contributed by atoms with van der Waals surface area (Å²) in [5, 5.41) is 0. The maximum atomic E-state index is 6.49. The Bertz CT molecular complexity index is 420. The first-order valence-electron chi connectivity index (χ1n) is 8.22. The second-order valence-corrected chi connectivity index (χ2v) is 6.44. The van der Waals surface area contributed by atoms with Crippen molar-refractivity contribution in [1.29, 1.82) is 0 Å². The number of hydrogen-bond acceptors (Lipinski definition) is 3. The second kappa shape index (κ2) is 6.23. The van der Waals surface area contributed by atoms with E-state index in [4.69, 9.17) is 5.73 Å². The molecule has 0 bridgehead atoms. The normalized spacial score (nSPS) is 29.9. The summed E-state index contributed by atoms with van der Waals surface area (Å²) >= 11 is 0. The molecule has 3 heteroatoms. The summed E-state index contributed by atoms with van der Waals surface area (Å²) in [5.74, 6) is 0.909. The Hall–Kier alpha value is -0.930. The van der Waals surface area contributed by atoms with Crippen molar-refractivity contribution in [2.45, 2.75) is 63.6 Å². The molecule has 1 aliphatic heterocycles. The van der Waals surface area contributed by atoms with Crippen LogP contribution in [0.15, 0.2) is 24.5 Å². The van der Waals surface area contributed by atoms with Crippen molar-refractivity contribution in [1.82, 2.24) is 9.88 Å². The van der Waals surface area contributed by atoms with Gasteiger partial charge in [0.05, 0.1) is 6.04 Å². The van der Waals surface area contributed by atoms with Gasteiger partial charge in [-0.2, -0.15) is 0 Å². The van der Waals surface area contributed by atoms with Crippen LogP contribution < -0.4 is 5.73 Å². The maximum absolute atomic E-state index is 6.49. The van der Waals surface area contributed by atoms with Gasteiger partial charge in [-0.3, -0.25) is 9.88 Å². The lowest BCUT2D eigenvalue weighted by atomic mass is 9.87. The quantitative estimate of drug-likeness (QED) is 0.916. The van der Waals surface area contributed by atoms with E-state index in [2.05, 4.69) is 22.9 Å². The number of pyridine rings is 1. The molecule has 2 N–H and O–H groups in total. The average Bonchev–Trinajstić information content (AvgIpc) is 2.98. The third kappa shape index (κ3) is 2.61. The lowest BCUT2D eigenvalue weighted by molar-refractivity contribution is 0.0536. The molecular weight excluding hydrogens is 246 g/mol. The van der Waals surface area contributed by atoms with Crippen LogP contribution in [0.1, 0.15) is 57.1 Å². The van der Waals surface area contributed by atoms with Crippen molar-refractivity contribution in [2.24, 2.45) is 11.7 Å². The van der Waals surface area contributed by atoms with E-state index in [1.165, 1.54) is 44.2 Å². The summed E-state index contributed by atoms with van der Waals surface area (Å²) in [7, 11) is 0. The molecule has 2 heterocycles. The lowest BCUT2D eigenvalue weighted by Crippen LogP contribution is -2.50. The minimum atomic E-state index is 0.207. The number of hydrogen-bond donors (Lipinski definition) is 1. The van der Waals surface area contributed by atoms with Crippen LogP contribution in [0, 0.1) is 5.92 Å². The van der Waals surface area contributed by atoms with Crippen LogP contribution in [0.4, 0.5) is 0 Å². The van der Waals surface area contributed by atoms with Gasteiger partial charge in [-0.1, -0.05) is 19.4 Å². The zero-order valence-corrected chi connectivity index (χ0v) is 12.5. The third-order valence-electron chi connectivity index (χ3n) is 5.30. The molecule has 110 valence electrons. The van der Waals surface area contributed by atoms with E-state index in [1.807, 2.05) is 18.5 Å². The van der Waals surface area contributed by atoms with Gasteiger partial charge in [0.2, 0.25) is 0 Å². The number of rotatable bonds is 4.